The van der Waals surface area contributed by atoms with Gasteiger partial charge in [0.05, 0.1) is 5.92 Å². The van der Waals surface area contributed by atoms with Crippen molar-refractivity contribution < 1.29 is 4.79 Å². The van der Waals surface area contributed by atoms with Gasteiger partial charge in [-0.3, -0.25) is 4.79 Å². The van der Waals surface area contributed by atoms with Gasteiger partial charge in [0.25, 0.3) is 0 Å². The quantitative estimate of drug-likeness (QED) is 0.698. The predicted octanol–water partition coefficient (Wildman–Crippen LogP) is 0.962. The first-order chi connectivity index (χ1) is 8.19. The van der Waals surface area contributed by atoms with Crippen LogP contribution in [0.25, 0.3) is 0 Å². The van der Waals surface area contributed by atoms with Crippen LogP contribution in [0.5, 0.6) is 0 Å². The van der Waals surface area contributed by atoms with Crippen LogP contribution in [0.15, 0.2) is 0 Å². The van der Waals surface area contributed by atoms with Gasteiger partial charge in [0, 0.05) is 19.1 Å². The highest BCUT2D eigenvalue weighted by molar-refractivity contribution is 5.79. The maximum atomic E-state index is 11.9. The molecule has 0 bridgehead atoms. The van der Waals surface area contributed by atoms with Crippen molar-refractivity contribution in [1.82, 2.24) is 10.2 Å². The minimum absolute atomic E-state index is 0.0521. The van der Waals surface area contributed by atoms with Gasteiger partial charge in [-0.1, -0.05) is 20.3 Å². The van der Waals surface area contributed by atoms with Gasteiger partial charge in [0.2, 0.25) is 5.91 Å². The summed E-state index contributed by atoms with van der Waals surface area (Å²) < 4.78 is 0. The van der Waals surface area contributed by atoms with E-state index in [1.165, 1.54) is 0 Å². The summed E-state index contributed by atoms with van der Waals surface area (Å²) >= 11 is 0. The lowest BCUT2D eigenvalue weighted by Gasteiger charge is -2.21. The Bertz CT molecular complexity index is 233. The van der Waals surface area contributed by atoms with Crippen molar-refractivity contribution in [3.8, 4) is 0 Å². The number of carbonyl (C=O) groups excluding carboxylic acids is 1. The number of hydrogen-bond donors (Lipinski definition) is 2. The monoisotopic (exact) mass is 241 g/mol. The van der Waals surface area contributed by atoms with E-state index in [2.05, 4.69) is 24.1 Å². The number of likely N-dealkylation sites (N-methyl/N-ethyl adjacent to an activating group) is 1. The molecule has 1 saturated carbocycles. The Morgan fingerprint density at radius 1 is 1.35 bits per heavy atom. The van der Waals surface area contributed by atoms with Crippen molar-refractivity contribution in [2.45, 2.75) is 45.6 Å². The van der Waals surface area contributed by atoms with Gasteiger partial charge >= 0.3 is 0 Å². The standard InChI is InChI=1S/C13H27N3O/c1-3-9-16(4-2)10-8-15-13(17)11-6-5-7-12(11)14/h11-12H,3-10,14H2,1-2H3,(H,15,17). The molecule has 0 aromatic rings. The second-order valence-corrected chi connectivity index (χ2v) is 4.93. The molecular formula is C13H27N3O. The van der Waals surface area contributed by atoms with Crippen molar-refractivity contribution in [3.63, 3.8) is 0 Å². The van der Waals surface area contributed by atoms with Crippen LogP contribution in [0, 0.1) is 5.92 Å². The van der Waals surface area contributed by atoms with E-state index in [0.29, 0.717) is 0 Å². The third-order valence-corrected chi connectivity index (χ3v) is 3.62. The van der Waals surface area contributed by atoms with Gasteiger partial charge < -0.3 is 16.0 Å². The van der Waals surface area contributed by atoms with Gasteiger partial charge in [0.15, 0.2) is 0 Å². The summed E-state index contributed by atoms with van der Waals surface area (Å²) in [6, 6.07) is 0.0768. The summed E-state index contributed by atoms with van der Waals surface area (Å²) in [6.45, 7) is 8.18. The van der Waals surface area contributed by atoms with Crippen LogP contribution in [-0.4, -0.2) is 43.0 Å². The molecule has 0 aliphatic heterocycles. The molecule has 0 saturated heterocycles. The van der Waals surface area contributed by atoms with Crippen LogP contribution in [0.4, 0.5) is 0 Å². The summed E-state index contributed by atoms with van der Waals surface area (Å²) in [7, 11) is 0. The molecule has 0 heterocycles. The largest absolute Gasteiger partial charge is 0.355 e. The van der Waals surface area contributed by atoms with Crippen LogP contribution in [-0.2, 0) is 4.79 Å². The molecule has 0 aromatic heterocycles. The Morgan fingerprint density at radius 2 is 2.12 bits per heavy atom. The molecule has 1 rings (SSSR count). The Morgan fingerprint density at radius 3 is 2.65 bits per heavy atom. The molecule has 2 unspecified atom stereocenters. The normalized spacial score (nSPS) is 24.2. The maximum absolute atomic E-state index is 11.9. The van der Waals surface area contributed by atoms with Crippen LogP contribution in [0.3, 0.4) is 0 Å². The highest BCUT2D eigenvalue weighted by Gasteiger charge is 2.29. The van der Waals surface area contributed by atoms with Crippen LogP contribution in [0.1, 0.15) is 39.5 Å². The minimum atomic E-state index is 0.0521. The topological polar surface area (TPSA) is 58.4 Å². The zero-order valence-electron chi connectivity index (χ0n) is 11.2. The van der Waals surface area contributed by atoms with E-state index in [4.69, 9.17) is 5.73 Å². The number of nitrogens with one attached hydrogen (secondary N) is 1. The van der Waals surface area contributed by atoms with Crippen molar-refractivity contribution in [2.75, 3.05) is 26.2 Å². The van der Waals surface area contributed by atoms with E-state index < -0.39 is 0 Å². The highest BCUT2D eigenvalue weighted by atomic mass is 16.1. The summed E-state index contributed by atoms with van der Waals surface area (Å²) in [5, 5.41) is 3.02. The number of rotatable bonds is 7. The fourth-order valence-electron chi connectivity index (χ4n) is 2.53. The Hall–Kier alpha value is -0.610. The fourth-order valence-corrected chi connectivity index (χ4v) is 2.53. The second-order valence-electron chi connectivity index (χ2n) is 4.93. The van der Waals surface area contributed by atoms with E-state index in [1.54, 1.807) is 0 Å². The third-order valence-electron chi connectivity index (χ3n) is 3.62. The minimum Gasteiger partial charge on any atom is -0.355 e. The first-order valence-electron chi connectivity index (χ1n) is 6.94. The summed E-state index contributed by atoms with van der Waals surface area (Å²) in [5.41, 5.74) is 5.91. The van der Waals surface area contributed by atoms with E-state index in [1.807, 2.05) is 0 Å². The maximum Gasteiger partial charge on any atom is 0.224 e. The van der Waals surface area contributed by atoms with Crippen LogP contribution in [0.2, 0.25) is 0 Å². The number of hydrogen-bond acceptors (Lipinski definition) is 3. The summed E-state index contributed by atoms with van der Waals surface area (Å²) in [5.74, 6) is 0.207. The summed E-state index contributed by atoms with van der Waals surface area (Å²) in [4.78, 5) is 14.2. The molecule has 1 aliphatic rings. The number of amides is 1. The zero-order chi connectivity index (χ0) is 12.7. The zero-order valence-corrected chi connectivity index (χ0v) is 11.2. The van der Waals surface area contributed by atoms with Crippen LogP contribution >= 0.6 is 0 Å². The van der Waals surface area contributed by atoms with Crippen molar-refractivity contribution in [2.24, 2.45) is 11.7 Å². The van der Waals surface area contributed by atoms with E-state index in [0.717, 1.165) is 51.9 Å². The molecule has 0 spiro atoms. The Labute approximate surface area is 105 Å². The predicted molar refractivity (Wildman–Crippen MR) is 70.7 cm³/mol. The average Bonchev–Trinajstić information content (AvgIpc) is 2.74. The second kappa shape index (κ2) is 7.67. The smallest absolute Gasteiger partial charge is 0.224 e. The molecule has 17 heavy (non-hydrogen) atoms. The van der Waals surface area contributed by atoms with Gasteiger partial charge in [-0.25, -0.2) is 0 Å². The lowest BCUT2D eigenvalue weighted by Crippen LogP contribution is -2.41. The molecule has 0 radical (unpaired) electrons. The van der Waals surface area contributed by atoms with E-state index in [9.17, 15) is 4.79 Å². The molecule has 3 N–H and O–H groups in total. The molecule has 2 atom stereocenters. The third kappa shape index (κ3) is 4.64. The molecule has 1 aliphatic carbocycles. The molecule has 4 heteroatoms. The number of carbonyl (C=O) groups is 1. The fraction of sp³-hybridized carbons (Fsp3) is 0.923. The van der Waals surface area contributed by atoms with Crippen LogP contribution < -0.4 is 11.1 Å². The Kier molecular flexibility index (Phi) is 6.52. The Balaban J connectivity index is 2.19. The molecule has 100 valence electrons. The molecule has 1 fully saturated rings. The van der Waals surface area contributed by atoms with E-state index >= 15 is 0 Å². The van der Waals surface area contributed by atoms with Gasteiger partial charge in [-0.05, 0) is 32.4 Å². The highest BCUT2D eigenvalue weighted by Crippen LogP contribution is 2.23. The van der Waals surface area contributed by atoms with Gasteiger partial charge in [0.1, 0.15) is 0 Å². The first-order valence-corrected chi connectivity index (χ1v) is 6.94. The van der Waals surface area contributed by atoms with E-state index in [-0.39, 0.29) is 17.9 Å². The molecule has 0 aromatic carbocycles. The van der Waals surface area contributed by atoms with Gasteiger partial charge in [-0.2, -0.15) is 0 Å². The lowest BCUT2D eigenvalue weighted by atomic mass is 10.0. The SMILES string of the molecule is CCCN(CC)CCNC(=O)C1CCCC1N. The lowest BCUT2D eigenvalue weighted by molar-refractivity contribution is -0.125. The molecule has 4 nitrogen and oxygen atoms in total. The van der Waals surface area contributed by atoms with Gasteiger partial charge in [-0.15, -0.1) is 0 Å². The van der Waals surface area contributed by atoms with Crippen molar-refractivity contribution >= 4 is 5.91 Å². The van der Waals surface area contributed by atoms with Crippen molar-refractivity contribution in [3.05, 3.63) is 0 Å². The summed E-state index contributed by atoms with van der Waals surface area (Å²) in [6.07, 6.45) is 4.21. The number of nitrogens with zero attached hydrogens (tertiary/aromatic N) is 1. The molecular weight excluding hydrogens is 214 g/mol. The first kappa shape index (κ1) is 14.5. The average molecular weight is 241 g/mol. The van der Waals surface area contributed by atoms with Crippen molar-refractivity contribution in [1.29, 1.82) is 0 Å². The molecule has 1 amide bonds. The number of nitrogens with two attached hydrogens (primary N) is 1.